The molecule has 0 saturated carbocycles. The van der Waals surface area contributed by atoms with Gasteiger partial charge in [-0.25, -0.2) is 0 Å². The third-order valence-electron chi connectivity index (χ3n) is 1.99. The molecular formula is C11H9NO2. The van der Waals surface area contributed by atoms with Crippen molar-refractivity contribution in [3.63, 3.8) is 0 Å². The van der Waals surface area contributed by atoms with Crippen molar-refractivity contribution in [2.24, 2.45) is 0 Å². The molecule has 0 N–H and O–H groups in total. The number of nitrogens with zero attached hydrogens (tertiary/aromatic N) is 1. The number of rotatable bonds is 3. The van der Waals surface area contributed by atoms with Crippen LogP contribution in [0.4, 0.5) is 0 Å². The van der Waals surface area contributed by atoms with Crippen LogP contribution in [0.1, 0.15) is 5.56 Å². The van der Waals surface area contributed by atoms with Crippen LogP contribution in [0.5, 0.6) is 0 Å². The molecule has 1 heterocycles. The van der Waals surface area contributed by atoms with Crippen LogP contribution in [-0.4, -0.2) is 11.4 Å². The maximum atomic E-state index is 10.4. The fourth-order valence-corrected chi connectivity index (χ4v) is 1.33. The summed E-state index contributed by atoms with van der Waals surface area (Å²) in [5, 5.41) is 3.87. The lowest BCUT2D eigenvalue weighted by atomic mass is 10.1. The topological polar surface area (TPSA) is 43.1 Å². The van der Waals surface area contributed by atoms with E-state index in [2.05, 4.69) is 5.16 Å². The molecule has 3 heteroatoms. The van der Waals surface area contributed by atoms with Crippen LogP contribution in [0.15, 0.2) is 41.1 Å². The number of aromatic nitrogens is 1. The first-order valence-electron chi connectivity index (χ1n) is 4.34. The van der Waals surface area contributed by atoms with E-state index in [0.29, 0.717) is 6.42 Å². The van der Waals surface area contributed by atoms with Gasteiger partial charge in [-0.1, -0.05) is 35.5 Å². The maximum Gasteiger partial charge on any atom is 0.128 e. The number of aldehydes is 1. The van der Waals surface area contributed by atoms with Crippen LogP contribution in [0, 0.1) is 0 Å². The van der Waals surface area contributed by atoms with Gasteiger partial charge in [0.15, 0.2) is 0 Å². The Morgan fingerprint density at radius 1 is 1.29 bits per heavy atom. The molecule has 0 amide bonds. The van der Waals surface area contributed by atoms with E-state index in [1.54, 1.807) is 0 Å². The SMILES string of the molecule is O=CCc1conc1-c1ccccc1. The van der Waals surface area contributed by atoms with Crippen molar-refractivity contribution in [2.75, 3.05) is 0 Å². The second-order valence-corrected chi connectivity index (χ2v) is 2.93. The number of benzene rings is 1. The molecule has 70 valence electrons. The van der Waals surface area contributed by atoms with Crippen molar-refractivity contribution in [1.29, 1.82) is 0 Å². The Morgan fingerprint density at radius 3 is 2.79 bits per heavy atom. The third kappa shape index (κ3) is 1.57. The quantitative estimate of drug-likeness (QED) is 0.691. The molecule has 0 aliphatic rings. The molecule has 1 aromatic heterocycles. The van der Waals surface area contributed by atoms with Gasteiger partial charge in [-0.2, -0.15) is 0 Å². The molecule has 2 rings (SSSR count). The zero-order valence-electron chi connectivity index (χ0n) is 7.51. The van der Waals surface area contributed by atoms with Gasteiger partial charge in [0.25, 0.3) is 0 Å². The van der Waals surface area contributed by atoms with Gasteiger partial charge in [0.1, 0.15) is 18.2 Å². The van der Waals surface area contributed by atoms with E-state index in [0.717, 1.165) is 23.1 Å². The highest BCUT2D eigenvalue weighted by atomic mass is 16.5. The molecule has 0 fully saturated rings. The van der Waals surface area contributed by atoms with Crippen molar-refractivity contribution >= 4 is 6.29 Å². The molecule has 14 heavy (non-hydrogen) atoms. The molecule has 0 aliphatic carbocycles. The Kier molecular flexibility index (Phi) is 2.40. The molecule has 0 saturated heterocycles. The molecule has 0 spiro atoms. The summed E-state index contributed by atoms with van der Waals surface area (Å²) in [5.41, 5.74) is 2.54. The summed E-state index contributed by atoms with van der Waals surface area (Å²) in [4.78, 5) is 10.4. The highest BCUT2D eigenvalue weighted by Gasteiger charge is 2.08. The number of hydrogen-bond donors (Lipinski definition) is 0. The average molecular weight is 187 g/mol. The molecule has 3 nitrogen and oxygen atoms in total. The maximum absolute atomic E-state index is 10.4. The largest absolute Gasteiger partial charge is 0.364 e. The molecular weight excluding hydrogens is 178 g/mol. The van der Waals surface area contributed by atoms with E-state index in [4.69, 9.17) is 4.52 Å². The summed E-state index contributed by atoms with van der Waals surface area (Å²) >= 11 is 0. The van der Waals surface area contributed by atoms with Gasteiger partial charge in [-0.15, -0.1) is 0 Å². The molecule has 0 bridgehead atoms. The van der Waals surface area contributed by atoms with E-state index in [9.17, 15) is 4.79 Å². The molecule has 0 aliphatic heterocycles. The van der Waals surface area contributed by atoms with Gasteiger partial charge < -0.3 is 9.32 Å². The van der Waals surface area contributed by atoms with Crippen LogP contribution in [0.25, 0.3) is 11.3 Å². The Balaban J connectivity index is 2.41. The monoisotopic (exact) mass is 187 g/mol. The number of carbonyl (C=O) groups excluding carboxylic acids is 1. The first-order chi connectivity index (χ1) is 6.92. The molecule has 2 aromatic rings. The van der Waals surface area contributed by atoms with Crippen molar-refractivity contribution in [2.45, 2.75) is 6.42 Å². The zero-order chi connectivity index (χ0) is 9.80. The lowest BCUT2D eigenvalue weighted by molar-refractivity contribution is -0.107. The second-order valence-electron chi connectivity index (χ2n) is 2.93. The third-order valence-corrected chi connectivity index (χ3v) is 1.99. The fourth-order valence-electron chi connectivity index (χ4n) is 1.33. The predicted octanol–water partition coefficient (Wildman–Crippen LogP) is 2.08. The highest BCUT2D eigenvalue weighted by Crippen LogP contribution is 2.21. The van der Waals surface area contributed by atoms with Crippen LogP contribution in [-0.2, 0) is 11.2 Å². The average Bonchev–Trinajstić information content (AvgIpc) is 2.68. The standard InChI is InChI=1S/C11H9NO2/c13-7-6-10-8-14-12-11(10)9-4-2-1-3-5-9/h1-5,7-8H,6H2. The van der Waals surface area contributed by atoms with Crippen molar-refractivity contribution in [3.8, 4) is 11.3 Å². The van der Waals surface area contributed by atoms with Crippen LogP contribution in [0.2, 0.25) is 0 Å². The van der Waals surface area contributed by atoms with Crippen molar-refractivity contribution < 1.29 is 9.32 Å². The van der Waals surface area contributed by atoms with Crippen LogP contribution < -0.4 is 0 Å². The zero-order valence-corrected chi connectivity index (χ0v) is 7.51. The fraction of sp³-hybridized carbons (Fsp3) is 0.0909. The van der Waals surface area contributed by atoms with Gasteiger partial charge in [-0.05, 0) is 0 Å². The van der Waals surface area contributed by atoms with Crippen molar-refractivity contribution in [1.82, 2.24) is 5.16 Å². The predicted molar refractivity (Wildman–Crippen MR) is 51.7 cm³/mol. The van der Waals surface area contributed by atoms with E-state index < -0.39 is 0 Å². The van der Waals surface area contributed by atoms with Gasteiger partial charge in [0, 0.05) is 17.5 Å². The Morgan fingerprint density at radius 2 is 2.07 bits per heavy atom. The summed E-state index contributed by atoms with van der Waals surface area (Å²) in [6.45, 7) is 0. The molecule has 1 aromatic carbocycles. The van der Waals surface area contributed by atoms with E-state index >= 15 is 0 Å². The smallest absolute Gasteiger partial charge is 0.128 e. The highest BCUT2D eigenvalue weighted by molar-refractivity contribution is 5.67. The molecule has 0 atom stereocenters. The first kappa shape index (κ1) is 8.69. The lowest BCUT2D eigenvalue weighted by Crippen LogP contribution is -1.87. The van der Waals surface area contributed by atoms with E-state index in [1.165, 1.54) is 6.26 Å². The summed E-state index contributed by atoms with van der Waals surface area (Å²) in [7, 11) is 0. The van der Waals surface area contributed by atoms with Crippen molar-refractivity contribution in [3.05, 3.63) is 42.2 Å². The number of hydrogen-bond acceptors (Lipinski definition) is 3. The minimum Gasteiger partial charge on any atom is -0.364 e. The molecule has 0 radical (unpaired) electrons. The van der Waals surface area contributed by atoms with Crippen LogP contribution in [0.3, 0.4) is 0 Å². The first-order valence-corrected chi connectivity index (χ1v) is 4.34. The summed E-state index contributed by atoms with van der Waals surface area (Å²) in [5.74, 6) is 0. The Labute approximate surface area is 81.3 Å². The van der Waals surface area contributed by atoms with Gasteiger partial charge in [0.05, 0.1) is 0 Å². The Bertz CT molecular complexity index is 420. The summed E-state index contributed by atoms with van der Waals surface area (Å²) in [6.07, 6.45) is 2.70. The van der Waals surface area contributed by atoms with E-state index in [-0.39, 0.29) is 0 Å². The summed E-state index contributed by atoms with van der Waals surface area (Å²) in [6, 6.07) is 9.66. The molecule has 0 unspecified atom stereocenters. The van der Waals surface area contributed by atoms with E-state index in [1.807, 2.05) is 30.3 Å². The van der Waals surface area contributed by atoms with Gasteiger partial charge in [0.2, 0.25) is 0 Å². The minimum atomic E-state index is 0.341. The van der Waals surface area contributed by atoms with Gasteiger partial charge >= 0.3 is 0 Å². The second kappa shape index (κ2) is 3.87. The summed E-state index contributed by atoms with van der Waals surface area (Å²) < 4.78 is 4.84. The normalized spacial score (nSPS) is 10.0. The minimum absolute atomic E-state index is 0.341. The van der Waals surface area contributed by atoms with Gasteiger partial charge in [-0.3, -0.25) is 0 Å². The Hall–Kier alpha value is -1.90. The van der Waals surface area contributed by atoms with Crippen LogP contribution >= 0.6 is 0 Å². The number of carbonyl (C=O) groups is 1. The lowest BCUT2D eigenvalue weighted by Gasteiger charge is -1.96.